The lowest BCUT2D eigenvalue weighted by atomic mass is 10.2. The van der Waals surface area contributed by atoms with Crippen molar-refractivity contribution in [1.29, 1.82) is 0 Å². The first-order valence-electron chi connectivity index (χ1n) is 8.00. The predicted octanol–water partition coefficient (Wildman–Crippen LogP) is 4.28. The molecule has 0 saturated carbocycles. The molecule has 4 nitrogen and oxygen atoms in total. The van der Waals surface area contributed by atoms with Crippen molar-refractivity contribution in [3.8, 4) is 0 Å². The quantitative estimate of drug-likeness (QED) is 0.829. The highest BCUT2D eigenvalue weighted by Gasteiger charge is 2.13. The zero-order chi connectivity index (χ0) is 16.5. The number of rotatable bonds is 7. The molecule has 0 heterocycles. The van der Waals surface area contributed by atoms with Crippen LogP contribution in [0, 0.1) is 0 Å². The van der Waals surface area contributed by atoms with Crippen molar-refractivity contribution in [3.05, 3.63) is 65.7 Å². The minimum Gasteiger partial charge on any atom is -0.377 e. The van der Waals surface area contributed by atoms with Crippen molar-refractivity contribution in [3.63, 3.8) is 0 Å². The monoisotopic (exact) mass is 312 g/mol. The van der Waals surface area contributed by atoms with E-state index in [1.807, 2.05) is 68.4 Å². The van der Waals surface area contributed by atoms with Gasteiger partial charge in [-0.25, -0.2) is 4.79 Å². The average molecular weight is 312 g/mol. The van der Waals surface area contributed by atoms with Crippen LogP contribution in [0.25, 0.3) is 0 Å². The van der Waals surface area contributed by atoms with E-state index < -0.39 is 0 Å². The molecule has 0 spiro atoms. The lowest BCUT2D eigenvalue weighted by Gasteiger charge is -2.22. The Morgan fingerprint density at radius 2 is 1.74 bits per heavy atom. The number of carbonyl (C=O) groups is 1. The number of amides is 2. The molecule has 2 amide bonds. The Hall–Kier alpha value is -2.33. The van der Waals surface area contributed by atoms with E-state index in [1.54, 1.807) is 4.90 Å². The molecule has 0 aliphatic rings. The van der Waals surface area contributed by atoms with Crippen LogP contribution in [0.2, 0.25) is 0 Å². The van der Waals surface area contributed by atoms with Gasteiger partial charge in [-0.2, -0.15) is 0 Å². The SMILES string of the molecule is CCOCc1ccccc1NC(=O)N(CC)Cc1ccccc1. The van der Waals surface area contributed by atoms with Crippen molar-refractivity contribution >= 4 is 11.7 Å². The summed E-state index contributed by atoms with van der Waals surface area (Å²) >= 11 is 0. The van der Waals surface area contributed by atoms with Gasteiger partial charge in [-0.15, -0.1) is 0 Å². The van der Waals surface area contributed by atoms with E-state index >= 15 is 0 Å². The van der Waals surface area contributed by atoms with Crippen molar-refractivity contribution in [1.82, 2.24) is 4.90 Å². The second-order valence-electron chi connectivity index (χ2n) is 5.22. The molecule has 0 aliphatic carbocycles. The summed E-state index contributed by atoms with van der Waals surface area (Å²) in [6.45, 7) is 6.33. The molecule has 0 aromatic heterocycles. The zero-order valence-electron chi connectivity index (χ0n) is 13.8. The minimum atomic E-state index is -0.0969. The lowest BCUT2D eigenvalue weighted by molar-refractivity contribution is 0.134. The van der Waals surface area contributed by atoms with Gasteiger partial charge in [0.2, 0.25) is 0 Å². The number of anilines is 1. The molecule has 1 N–H and O–H groups in total. The number of para-hydroxylation sites is 1. The number of hydrogen-bond donors (Lipinski definition) is 1. The molecule has 0 atom stereocenters. The highest BCUT2D eigenvalue weighted by molar-refractivity contribution is 5.90. The van der Waals surface area contributed by atoms with Gasteiger partial charge < -0.3 is 15.0 Å². The van der Waals surface area contributed by atoms with E-state index in [0.29, 0.717) is 26.3 Å². The third-order valence-electron chi connectivity index (χ3n) is 3.61. The summed E-state index contributed by atoms with van der Waals surface area (Å²) < 4.78 is 5.46. The van der Waals surface area contributed by atoms with Gasteiger partial charge in [0.25, 0.3) is 0 Å². The van der Waals surface area contributed by atoms with Crippen LogP contribution in [-0.4, -0.2) is 24.1 Å². The Balaban J connectivity index is 2.04. The Labute approximate surface area is 138 Å². The molecule has 0 unspecified atom stereocenters. The maximum atomic E-state index is 12.5. The first-order chi connectivity index (χ1) is 11.2. The molecule has 23 heavy (non-hydrogen) atoms. The van der Waals surface area contributed by atoms with Crippen LogP contribution in [0.1, 0.15) is 25.0 Å². The van der Waals surface area contributed by atoms with Crippen LogP contribution in [-0.2, 0) is 17.9 Å². The number of carbonyl (C=O) groups excluding carboxylic acids is 1. The number of urea groups is 1. The first-order valence-corrected chi connectivity index (χ1v) is 8.00. The fourth-order valence-corrected chi connectivity index (χ4v) is 2.31. The van der Waals surface area contributed by atoms with Gasteiger partial charge in [0.15, 0.2) is 0 Å². The molecule has 2 aromatic rings. The van der Waals surface area contributed by atoms with Crippen molar-refractivity contribution in [2.75, 3.05) is 18.5 Å². The van der Waals surface area contributed by atoms with Gasteiger partial charge in [0, 0.05) is 30.9 Å². The summed E-state index contributed by atoms with van der Waals surface area (Å²) in [4.78, 5) is 14.3. The number of nitrogens with one attached hydrogen (secondary N) is 1. The fraction of sp³-hybridized carbons (Fsp3) is 0.316. The van der Waals surface area contributed by atoms with Crippen molar-refractivity contribution in [2.45, 2.75) is 27.0 Å². The van der Waals surface area contributed by atoms with E-state index in [1.165, 1.54) is 0 Å². The van der Waals surface area contributed by atoms with Gasteiger partial charge in [0.1, 0.15) is 0 Å². The lowest BCUT2D eigenvalue weighted by Crippen LogP contribution is -2.34. The average Bonchev–Trinajstić information content (AvgIpc) is 2.59. The van der Waals surface area contributed by atoms with E-state index in [0.717, 1.165) is 16.8 Å². The molecule has 2 rings (SSSR count). The van der Waals surface area contributed by atoms with Crippen molar-refractivity contribution in [2.24, 2.45) is 0 Å². The number of hydrogen-bond acceptors (Lipinski definition) is 2. The summed E-state index contributed by atoms with van der Waals surface area (Å²) in [6, 6.07) is 17.6. The topological polar surface area (TPSA) is 41.6 Å². The van der Waals surface area contributed by atoms with Crippen LogP contribution in [0.4, 0.5) is 10.5 Å². The molecule has 0 aliphatic heterocycles. The summed E-state index contributed by atoms with van der Waals surface area (Å²) in [5.74, 6) is 0. The zero-order valence-corrected chi connectivity index (χ0v) is 13.8. The van der Waals surface area contributed by atoms with E-state index in [-0.39, 0.29) is 6.03 Å². The van der Waals surface area contributed by atoms with Crippen LogP contribution in [0.15, 0.2) is 54.6 Å². The van der Waals surface area contributed by atoms with Gasteiger partial charge >= 0.3 is 6.03 Å². The van der Waals surface area contributed by atoms with Crippen LogP contribution in [0.5, 0.6) is 0 Å². The first kappa shape index (κ1) is 17.0. The second kappa shape index (κ2) is 8.96. The largest absolute Gasteiger partial charge is 0.377 e. The molecular weight excluding hydrogens is 288 g/mol. The summed E-state index contributed by atoms with van der Waals surface area (Å²) in [6.07, 6.45) is 0. The summed E-state index contributed by atoms with van der Waals surface area (Å²) in [5, 5.41) is 3.00. The second-order valence-corrected chi connectivity index (χ2v) is 5.22. The highest BCUT2D eigenvalue weighted by atomic mass is 16.5. The normalized spacial score (nSPS) is 10.3. The maximum absolute atomic E-state index is 12.5. The molecule has 0 fully saturated rings. The smallest absolute Gasteiger partial charge is 0.322 e. The van der Waals surface area contributed by atoms with Gasteiger partial charge in [-0.05, 0) is 25.5 Å². The Morgan fingerprint density at radius 1 is 1.04 bits per heavy atom. The molecule has 2 aromatic carbocycles. The van der Waals surface area contributed by atoms with Crippen LogP contribution in [0.3, 0.4) is 0 Å². The Kier molecular flexibility index (Phi) is 6.63. The predicted molar refractivity (Wildman–Crippen MR) is 93.3 cm³/mol. The fourth-order valence-electron chi connectivity index (χ4n) is 2.31. The molecule has 0 bridgehead atoms. The summed E-state index contributed by atoms with van der Waals surface area (Å²) in [7, 11) is 0. The standard InChI is InChI=1S/C19H24N2O2/c1-3-21(14-16-10-6-5-7-11-16)19(22)20-18-13-9-8-12-17(18)15-23-4-2/h5-13H,3-4,14-15H2,1-2H3,(H,20,22). The van der Waals surface area contributed by atoms with E-state index in [2.05, 4.69) is 5.32 Å². The third kappa shape index (κ3) is 5.11. The molecule has 0 saturated heterocycles. The van der Waals surface area contributed by atoms with Crippen LogP contribution < -0.4 is 5.32 Å². The van der Waals surface area contributed by atoms with Gasteiger partial charge in [-0.1, -0.05) is 48.5 Å². The molecule has 122 valence electrons. The highest BCUT2D eigenvalue weighted by Crippen LogP contribution is 2.17. The van der Waals surface area contributed by atoms with Gasteiger partial charge in [-0.3, -0.25) is 0 Å². The van der Waals surface area contributed by atoms with Gasteiger partial charge in [0.05, 0.1) is 6.61 Å². The minimum absolute atomic E-state index is 0.0969. The van der Waals surface area contributed by atoms with Crippen molar-refractivity contribution < 1.29 is 9.53 Å². The molecular formula is C19H24N2O2. The third-order valence-corrected chi connectivity index (χ3v) is 3.61. The summed E-state index contributed by atoms with van der Waals surface area (Å²) in [5.41, 5.74) is 2.91. The number of ether oxygens (including phenoxy) is 1. The Bertz CT molecular complexity index is 614. The molecule has 0 radical (unpaired) electrons. The Morgan fingerprint density at radius 3 is 2.43 bits per heavy atom. The molecule has 4 heteroatoms. The number of benzene rings is 2. The van der Waals surface area contributed by atoms with E-state index in [9.17, 15) is 4.79 Å². The maximum Gasteiger partial charge on any atom is 0.322 e. The number of nitrogens with zero attached hydrogens (tertiary/aromatic N) is 1. The van der Waals surface area contributed by atoms with Crippen LogP contribution >= 0.6 is 0 Å². The van der Waals surface area contributed by atoms with E-state index in [4.69, 9.17) is 4.74 Å².